The summed E-state index contributed by atoms with van der Waals surface area (Å²) in [6.07, 6.45) is 0.618. The molecule has 10 nitrogen and oxygen atoms in total. The van der Waals surface area contributed by atoms with Gasteiger partial charge in [0, 0.05) is 25.3 Å². The number of nitrogens with two attached hydrogens (primary N) is 3. The first-order valence-electron chi connectivity index (χ1n) is 9.87. The number of piperidine rings is 1. The largest absolute Gasteiger partial charge is 0.493 e. The van der Waals surface area contributed by atoms with Gasteiger partial charge in [-0.1, -0.05) is 6.92 Å². The molecule has 8 N–H and O–H groups in total. The second-order valence-corrected chi connectivity index (χ2v) is 8.30. The smallest absolute Gasteiger partial charge is 0.306 e. The molecule has 5 unspecified atom stereocenters. The number of rotatable bonds is 6. The lowest BCUT2D eigenvalue weighted by Crippen LogP contribution is -2.79. The Balaban J connectivity index is 2.09. The predicted molar refractivity (Wildman–Crippen MR) is 109 cm³/mol. The number of methoxy groups -OCH3 is 3. The molecule has 5 atom stereocenters. The summed E-state index contributed by atoms with van der Waals surface area (Å²) in [5.74, 6) is -2.78. The summed E-state index contributed by atoms with van der Waals surface area (Å²) in [5.41, 5.74) is 18.5. The number of carboxylic acids is 1. The Kier molecular flexibility index (Phi) is 6.02. The average Bonchev–Trinajstić information content (AvgIpc) is 2.71. The minimum absolute atomic E-state index is 0.176. The fourth-order valence-electron chi connectivity index (χ4n) is 4.74. The van der Waals surface area contributed by atoms with E-state index in [4.69, 9.17) is 31.4 Å². The minimum Gasteiger partial charge on any atom is -0.493 e. The van der Waals surface area contributed by atoms with Gasteiger partial charge in [-0.2, -0.15) is 0 Å². The van der Waals surface area contributed by atoms with Crippen molar-refractivity contribution in [2.45, 2.75) is 43.4 Å². The molecule has 3 rings (SSSR count). The Hall–Kier alpha value is -1.95. The van der Waals surface area contributed by atoms with Gasteiger partial charge in [0.2, 0.25) is 5.85 Å². The molecule has 0 bridgehead atoms. The standard InChI is InChI=1S/C20H32N4O6/c1-10(18(25)26)5-11-9-24-14(8-15(11)28-2)12-6-16(29-3)17(30-4)7-13(12)19(21,22)20(24,23)27/h6-7,10-11,14-15,27H,5,8-9,21-23H2,1-4H3,(H,25,26). The van der Waals surface area contributed by atoms with Crippen LogP contribution in [0.2, 0.25) is 0 Å². The maximum atomic E-state index is 11.4. The molecule has 10 heteroatoms. The number of nitrogens with zero attached hydrogens (tertiary/aromatic N) is 1. The van der Waals surface area contributed by atoms with Crippen LogP contribution >= 0.6 is 0 Å². The molecule has 1 aromatic rings. The second kappa shape index (κ2) is 7.95. The van der Waals surface area contributed by atoms with Crippen LogP contribution in [0.1, 0.15) is 36.9 Å². The third-order valence-corrected chi connectivity index (χ3v) is 6.58. The summed E-state index contributed by atoms with van der Waals surface area (Å²) >= 11 is 0. The molecule has 168 valence electrons. The lowest BCUT2D eigenvalue weighted by atomic mass is 9.74. The summed E-state index contributed by atoms with van der Waals surface area (Å²) in [6, 6.07) is 3.09. The van der Waals surface area contributed by atoms with Crippen LogP contribution in [0.5, 0.6) is 11.5 Å². The molecule has 2 heterocycles. The van der Waals surface area contributed by atoms with Crippen LogP contribution in [0.4, 0.5) is 0 Å². The van der Waals surface area contributed by atoms with Gasteiger partial charge in [-0.05, 0) is 36.5 Å². The van der Waals surface area contributed by atoms with Crippen LogP contribution in [-0.2, 0) is 15.2 Å². The van der Waals surface area contributed by atoms with Crippen molar-refractivity contribution in [3.8, 4) is 11.5 Å². The summed E-state index contributed by atoms with van der Waals surface area (Å²) in [4.78, 5) is 13.0. The van der Waals surface area contributed by atoms with E-state index in [0.717, 1.165) is 5.56 Å². The number of aliphatic carboxylic acids is 1. The number of carbonyl (C=O) groups is 1. The van der Waals surface area contributed by atoms with E-state index in [0.29, 0.717) is 29.9 Å². The van der Waals surface area contributed by atoms with Crippen molar-refractivity contribution < 1.29 is 29.2 Å². The topological polar surface area (TPSA) is 167 Å². The number of benzene rings is 1. The highest BCUT2D eigenvalue weighted by Gasteiger charge is 2.58. The Morgan fingerprint density at radius 3 is 2.37 bits per heavy atom. The van der Waals surface area contributed by atoms with Gasteiger partial charge in [-0.25, -0.2) is 0 Å². The number of ether oxygens (including phenoxy) is 3. The molecule has 1 aromatic carbocycles. The van der Waals surface area contributed by atoms with Gasteiger partial charge < -0.3 is 35.9 Å². The Morgan fingerprint density at radius 1 is 1.23 bits per heavy atom. The summed E-state index contributed by atoms with van der Waals surface area (Å²) in [7, 11) is 4.63. The Labute approximate surface area is 175 Å². The van der Waals surface area contributed by atoms with E-state index in [1.807, 2.05) is 0 Å². The van der Waals surface area contributed by atoms with Gasteiger partial charge in [0.1, 0.15) is 5.66 Å². The van der Waals surface area contributed by atoms with Crippen LogP contribution in [-0.4, -0.2) is 60.9 Å². The van der Waals surface area contributed by atoms with Gasteiger partial charge >= 0.3 is 5.97 Å². The number of hydrogen-bond acceptors (Lipinski definition) is 9. The lowest BCUT2D eigenvalue weighted by molar-refractivity contribution is -0.216. The molecular formula is C20H32N4O6. The van der Waals surface area contributed by atoms with Gasteiger partial charge in [0.15, 0.2) is 11.5 Å². The molecule has 0 saturated carbocycles. The lowest BCUT2D eigenvalue weighted by Gasteiger charge is -2.58. The molecule has 0 aromatic heterocycles. The highest BCUT2D eigenvalue weighted by Crippen LogP contribution is 2.50. The monoisotopic (exact) mass is 424 g/mol. The molecule has 0 amide bonds. The zero-order chi connectivity index (χ0) is 22.4. The SMILES string of the molecule is COc1cc2c(cc1OC)C(N)(N)C(N)(O)N1CC(CC(C)C(=O)O)C(OC)CC21. The van der Waals surface area contributed by atoms with Crippen molar-refractivity contribution in [2.75, 3.05) is 27.9 Å². The zero-order valence-corrected chi connectivity index (χ0v) is 17.8. The van der Waals surface area contributed by atoms with Crippen molar-refractivity contribution in [3.05, 3.63) is 23.3 Å². The molecule has 0 radical (unpaired) electrons. The van der Waals surface area contributed by atoms with E-state index in [1.165, 1.54) is 14.2 Å². The van der Waals surface area contributed by atoms with Crippen molar-refractivity contribution in [1.29, 1.82) is 0 Å². The van der Waals surface area contributed by atoms with E-state index >= 15 is 0 Å². The van der Waals surface area contributed by atoms with E-state index in [-0.39, 0.29) is 24.6 Å². The number of aliphatic hydroxyl groups is 1. The third kappa shape index (κ3) is 3.43. The van der Waals surface area contributed by atoms with Gasteiger partial charge in [-0.15, -0.1) is 0 Å². The third-order valence-electron chi connectivity index (χ3n) is 6.58. The van der Waals surface area contributed by atoms with Crippen LogP contribution in [0, 0.1) is 11.8 Å². The van der Waals surface area contributed by atoms with Crippen molar-refractivity contribution >= 4 is 5.97 Å². The fourth-order valence-corrected chi connectivity index (χ4v) is 4.74. The quantitative estimate of drug-likeness (QED) is 0.388. The first kappa shape index (κ1) is 22.7. The van der Waals surface area contributed by atoms with E-state index in [9.17, 15) is 15.0 Å². The van der Waals surface area contributed by atoms with Gasteiger partial charge in [-0.3, -0.25) is 15.4 Å². The normalized spacial score (nSPS) is 31.4. The van der Waals surface area contributed by atoms with Crippen LogP contribution in [0.15, 0.2) is 12.1 Å². The van der Waals surface area contributed by atoms with E-state index < -0.39 is 23.4 Å². The fraction of sp³-hybridized carbons (Fsp3) is 0.650. The van der Waals surface area contributed by atoms with Gasteiger partial charge in [0.05, 0.1) is 26.2 Å². The van der Waals surface area contributed by atoms with Crippen LogP contribution in [0.3, 0.4) is 0 Å². The highest BCUT2D eigenvalue weighted by molar-refractivity contribution is 5.69. The highest BCUT2D eigenvalue weighted by atomic mass is 16.5. The summed E-state index contributed by atoms with van der Waals surface area (Å²) in [6.45, 7) is 1.92. The second-order valence-electron chi connectivity index (χ2n) is 8.30. The molecule has 0 spiro atoms. The van der Waals surface area contributed by atoms with Crippen molar-refractivity contribution in [1.82, 2.24) is 4.90 Å². The summed E-state index contributed by atoms with van der Waals surface area (Å²) in [5, 5.41) is 20.6. The molecule has 2 aliphatic heterocycles. The zero-order valence-electron chi connectivity index (χ0n) is 17.8. The number of fused-ring (bicyclic) bond motifs is 3. The van der Waals surface area contributed by atoms with Crippen LogP contribution in [0.25, 0.3) is 0 Å². The molecule has 1 saturated heterocycles. The maximum absolute atomic E-state index is 11.4. The first-order valence-corrected chi connectivity index (χ1v) is 9.87. The predicted octanol–water partition coefficient (Wildman–Crippen LogP) is -0.119. The maximum Gasteiger partial charge on any atom is 0.306 e. The van der Waals surface area contributed by atoms with Gasteiger partial charge in [0.25, 0.3) is 0 Å². The summed E-state index contributed by atoms with van der Waals surface area (Å²) < 4.78 is 16.5. The number of carboxylic acid groups (broad SMARTS) is 1. The Bertz CT molecular complexity index is 815. The molecule has 1 fully saturated rings. The van der Waals surface area contributed by atoms with Crippen molar-refractivity contribution in [3.63, 3.8) is 0 Å². The van der Waals surface area contributed by atoms with Crippen molar-refractivity contribution in [2.24, 2.45) is 29.0 Å². The Morgan fingerprint density at radius 2 is 1.83 bits per heavy atom. The molecule has 2 aliphatic rings. The average molecular weight is 424 g/mol. The van der Waals surface area contributed by atoms with Crippen LogP contribution < -0.4 is 26.7 Å². The number of hydrogen-bond donors (Lipinski definition) is 5. The van der Waals surface area contributed by atoms with E-state index in [1.54, 1.807) is 31.1 Å². The molecule has 0 aliphatic carbocycles. The first-order chi connectivity index (χ1) is 14.0. The molecular weight excluding hydrogens is 392 g/mol. The molecule has 30 heavy (non-hydrogen) atoms. The minimum atomic E-state index is -2.08. The van der Waals surface area contributed by atoms with E-state index in [2.05, 4.69) is 0 Å².